The SMILES string of the molecule is CC(C)[Si](c1ccccc1)(C(C)C)C(C)C.[C-]#[O+].[C-]#[O+].[C-]#[O+].[Cr]. The third-order valence-corrected chi connectivity index (χ3v) is 11.2. The summed E-state index contributed by atoms with van der Waals surface area (Å²) in [5.41, 5.74) is 2.40. The van der Waals surface area contributed by atoms with E-state index in [9.17, 15) is 0 Å². The molecule has 0 amide bonds. The topological polar surface area (TPSA) is 59.7 Å². The first-order valence-corrected chi connectivity index (χ1v) is 9.34. The van der Waals surface area contributed by atoms with E-state index in [0.717, 1.165) is 16.6 Å². The van der Waals surface area contributed by atoms with Crippen LogP contribution in [0.15, 0.2) is 30.3 Å². The van der Waals surface area contributed by atoms with Gasteiger partial charge in [-0.2, -0.15) is 0 Å². The summed E-state index contributed by atoms with van der Waals surface area (Å²) in [4.78, 5) is 0. The molecule has 5 heteroatoms. The van der Waals surface area contributed by atoms with Crippen LogP contribution in [0.25, 0.3) is 0 Å². The van der Waals surface area contributed by atoms with Crippen molar-refractivity contribution in [2.24, 2.45) is 0 Å². The maximum absolute atomic E-state index is 7.50. The Labute approximate surface area is 153 Å². The maximum Gasteiger partial charge on any atom is 0 e. The van der Waals surface area contributed by atoms with Gasteiger partial charge in [0.15, 0.2) is 0 Å². The van der Waals surface area contributed by atoms with Crippen molar-refractivity contribution in [2.45, 2.75) is 58.2 Å². The van der Waals surface area contributed by atoms with Crippen molar-refractivity contribution < 1.29 is 31.3 Å². The van der Waals surface area contributed by atoms with E-state index >= 15 is 0 Å². The minimum atomic E-state index is -1.40. The molecule has 1 aromatic carbocycles. The molecule has 1 aromatic rings. The van der Waals surface area contributed by atoms with Gasteiger partial charge in [-0.3, -0.25) is 0 Å². The van der Waals surface area contributed by atoms with Crippen LogP contribution in [0.5, 0.6) is 0 Å². The molecular formula is C18H26CrO3Si. The van der Waals surface area contributed by atoms with Gasteiger partial charge in [-0.05, 0) is 16.6 Å². The van der Waals surface area contributed by atoms with Crippen LogP contribution in [0, 0.1) is 20.0 Å². The molecule has 0 spiro atoms. The summed E-state index contributed by atoms with van der Waals surface area (Å²) in [6.45, 7) is 28.0. The quantitative estimate of drug-likeness (QED) is 0.427. The van der Waals surface area contributed by atoms with E-state index in [4.69, 9.17) is 14.0 Å². The average Bonchev–Trinajstić information content (AvgIpc) is 2.54. The third kappa shape index (κ3) is 8.02. The van der Waals surface area contributed by atoms with Crippen LogP contribution in [0.2, 0.25) is 16.6 Å². The number of hydrogen-bond donors (Lipinski definition) is 0. The van der Waals surface area contributed by atoms with E-state index in [-0.39, 0.29) is 17.4 Å². The van der Waals surface area contributed by atoms with Crippen molar-refractivity contribution in [1.82, 2.24) is 0 Å². The van der Waals surface area contributed by atoms with E-state index in [0.29, 0.717) is 0 Å². The van der Waals surface area contributed by atoms with Gasteiger partial charge in [-0.25, -0.2) is 0 Å². The van der Waals surface area contributed by atoms with Gasteiger partial charge in [0.1, 0.15) is 0 Å². The van der Waals surface area contributed by atoms with Gasteiger partial charge in [-0.1, -0.05) is 77.1 Å². The summed E-state index contributed by atoms with van der Waals surface area (Å²) in [5, 5.41) is 1.63. The van der Waals surface area contributed by atoms with Crippen molar-refractivity contribution in [3.63, 3.8) is 0 Å². The van der Waals surface area contributed by atoms with E-state index in [1.54, 1.807) is 5.19 Å². The van der Waals surface area contributed by atoms with Crippen molar-refractivity contribution in [2.75, 3.05) is 0 Å². The molecule has 0 atom stereocenters. The molecule has 0 unspecified atom stereocenters. The summed E-state index contributed by atoms with van der Waals surface area (Å²) in [6.07, 6.45) is 0. The second-order valence-corrected chi connectivity index (χ2v) is 11.7. The van der Waals surface area contributed by atoms with Gasteiger partial charge in [0.2, 0.25) is 0 Å². The molecule has 0 N–H and O–H groups in total. The van der Waals surface area contributed by atoms with Crippen LogP contribution in [0.3, 0.4) is 0 Å². The Balaban J connectivity index is -0.000000231. The second-order valence-electron chi connectivity index (χ2n) is 5.76. The fourth-order valence-corrected chi connectivity index (χ4v) is 10.5. The van der Waals surface area contributed by atoms with E-state index < -0.39 is 8.07 Å². The number of benzene rings is 1. The smallest absolute Gasteiger partial charge is 0 e. The Bertz CT molecular complexity index is 401. The van der Waals surface area contributed by atoms with E-state index in [1.165, 1.54) is 0 Å². The maximum atomic E-state index is 7.50. The zero-order chi connectivity index (χ0) is 18.3. The normalized spacial score (nSPS) is 9.17. The van der Waals surface area contributed by atoms with Crippen LogP contribution in [0.4, 0.5) is 0 Å². The summed E-state index contributed by atoms with van der Waals surface area (Å²) in [7, 11) is -1.40. The molecule has 0 bridgehead atoms. The standard InChI is InChI=1S/C15H26Si.3CO.Cr/c1-12(2)16(13(3)4,14(5)6)15-10-8-7-9-11-15;3*1-2;/h7-14H,1-6H3;;;;. The van der Waals surface area contributed by atoms with Gasteiger partial charge >= 0.3 is 33.9 Å². The predicted molar refractivity (Wildman–Crippen MR) is 88.9 cm³/mol. The Morgan fingerprint density at radius 1 is 0.652 bits per heavy atom. The first kappa shape index (κ1) is 30.1. The molecule has 0 aliphatic rings. The summed E-state index contributed by atoms with van der Waals surface area (Å²) in [5.74, 6) is 0. The number of rotatable bonds is 4. The van der Waals surface area contributed by atoms with Crippen LogP contribution in [-0.2, 0) is 31.3 Å². The second kappa shape index (κ2) is 17.5. The molecule has 0 aliphatic heterocycles. The molecule has 0 aliphatic carbocycles. The molecule has 3 nitrogen and oxygen atoms in total. The van der Waals surface area contributed by atoms with Crippen molar-refractivity contribution in [1.29, 1.82) is 0 Å². The molecule has 1 rings (SSSR count). The molecule has 0 radical (unpaired) electrons. The fraction of sp³-hybridized carbons (Fsp3) is 0.500. The minimum absolute atomic E-state index is 0. The van der Waals surface area contributed by atoms with Crippen molar-refractivity contribution >= 4 is 13.3 Å². The minimum Gasteiger partial charge on any atom is 0 e. The van der Waals surface area contributed by atoms with Gasteiger partial charge in [0.05, 0.1) is 8.07 Å². The Hall–Kier alpha value is -0.811. The average molecular weight is 370 g/mol. The van der Waals surface area contributed by atoms with Gasteiger partial charge in [-0.15, -0.1) is 0 Å². The largest absolute Gasteiger partial charge is 0 e. The van der Waals surface area contributed by atoms with E-state index in [2.05, 4.69) is 91.8 Å². The monoisotopic (exact) mass is 370 g/mol. The van der Waals surface area contributed by atoms with Crippen molar-refractivity contribution in [3.8, 4) is 0 Å². The molecule has 0 heterocycles. The summed E-state index contributed by atoms with van der Waals surface area (Å²) < 4.78 is 22.5. The van der Waals surface area contributed by atoms with Crippen LogP contribution in [-0.4, -0.2) is 8.07 Å². The zero-order valence-electron chi connectivity index (χ0n) is 14.8. The Kier molecular flexibility index (Phi) is 23.0. The summed E-state index contributed by atoms with van der Waals surface area (Å²) in [6, 6.07) is 11.2. The van der Waals surface area contributed by atoms with Crippen LogP contribution >= 0.6 is 0 Å². The molecule has 0 aromatic heterocycles. The zero-order valence-corrected chi connectivity index (χ0v) is 17.0. The fourth-order valence-electron chi connectivity index (χ4n) is 3.73. The van der Waals surface area contributed by atoms with E-state index in [1.807, 2.05) is 0 Å². The van der Waals surface area contributed by atoms with Gasteiger partial charge < -0.3 is 0 Å². The van der Waals surface area contributed by atoms with Gasteiger partial charge in [0, 0.05) is 17.4 Å². The number of hydrogen-bond acceptors (Lipinski definition) is 0. The molecule has 0 saturated heterocycles. The first-order valence-electron chi connectivity index (χ1n) is 7.10. The molecular weight excluding hydrogens is 344 g/mol. The molecule has 0 saturated carbocycles. The van der Waals surface area contributed by atoms with Gasteiger partial charge in [0.25, 0.3) is 0 Å². The predicted octanol–water partition coefficient (Wildman–Crippen LogP) is 4.46. The first-order chi connectivity index (χ1) is 10.4. The Morgan fingerprint density at radius 3 is 1.13 bits per heavy atom. The molecule has 0 fully saturated rings. The van der Waals surface area contributed by atoms with Crippen LogP contribution in [0.1, 0.15) is 41.5 Å². The summed E-state index contributed by atoms with van der Waals surface area (Å²) >= 11 is 0. The van der Waals surface area contributed by atoms with Crippen molar-refractivity contribution in [3.05, 3.63) is 50.3 Å². The third-order valence-electron chi connectivity index (χ3n) is 4.14. The molecule has 126 valence electrons. The Morgan fingerprint density at radius 2 is 0.913 bits per heavy atom. The van der Waals surface area contributed by atoms with Crippen LogP contribution < -0.4 is 5.19 Å². The molecule has 23 heavy (non-hydrogen) atoms.